The molecule has 0 spiro atoms. The molecule has 6 nitrogen and oxygen atoms in total. The first-order chi connectivity index (χ1) is 12.0. The highest BCUT2D eigenvalue weighted by molar-refractivity contribution is 5.78. The number of aromatic nitrogens is 2. The van der Waals surface area contributed by atoms with Crippen LogP contribution < -0.4 is 0 Å². The lowest BCUT2D eigenvalue weighted by atomic mass is 9.94. The Morgan fingerprint density at radius 3 is 2.68 bits per heavy atom. The van der Waals surface area contributed by atoms with Crippen LogP contribution in [0, 0.1) is 6.92 Å². The molecule has 6 heteroatoms. The second-order valence-corrected chi connectivity index (χ2v) is 7.61. The molecule has 0 bridgehead atoms. The Hall–Kier alpha value is -1.53. The summed E-state index contributed by atoms with van der Waals surface area (Å²) in [6.07, 6.45) is 3.99. The Morgan fingerprint density at radius 2 is 2.00 bits per heavy atom. The number of piperazine rings is 1. The van der Waals surface area contributed by atoms with Crippen LogP contribution in [0.1, 0.15) is 44.1 Å². The van der Waals surface area contributed by atoms with Gasteiger partial charge >= 0.3 is 0 Å². The van der Waals surface area contributed by atoms with Crippen LogP contribution in [-0.4, -0.2) is 82.4 Å². The predicted molar refractivity (Wildman–Crippen MR) is 98.5 cm³/mol. The van der Waals surface area contributed by atoms with E-state index in [2.05, 4.69) is 33.6 Å². The zero-order chi connectivity index (χ0) is 17.8. The van der Waals surface area contributed by atoms with E-state index >= 15 is 0 Å². The molecule has 0 aliphatic carbocycles. The van der Waals surface area contributed by atoms with Crippen molar-refractivity contribution in [1.82, 2.24) is 24.7 Å². The quantitative estimate of drug-likeness (QED) is 0.828. The Kier molecular flexibility index (Phi) is 6.02. The fourth-order valence-electron chi connectivity index (χ4n) is 3.88. The van der Waals surface area contributed by atoms with Gasteiger partial charge in [-0.25, -0.2) is 9.97 Å². The first kappa shape index (κ1) is 18.3. The van der Waals surface area contributed by atoms with Crippen molar-refractivity contribution in [2.24, 2.45) is 0 Å². The molecule has 2 aliphatic heterocycles. The number of likely N-dealkylation sites (tertiary alicyclic amines) is 1. The fourth-order valence-corrected chi connectivity index (χ4v) is 3.88. The summed E-state index contributed by atoms with van der Waals surface area (Å²) in [5.74, 6) is 1.43. The van der Waals surface area contributed by atoms with Crippen molar-refractivity contribution in [3.05, 3.63) is 23.8 Å². The van der Waals surface area contributed by atoms with Crippen molar-refractivity contribution in [1.29, 1.82) is 0 Å². The lowest BCUT2D eigenvalue weighted by Crippen LogP contribution is -2.52. The van der Waals surface area contributed by atoms with Crippen molar-refractivity contribution >= 4 is 5.91 Å². The molecule has 2 fully saturated rings. The summed E-state index contributed by atoms with van der Waals surface area (Å²) in [4.78, 5) is 28.3. The highest BCUT2D eigenvalue weighted by Crippen LogP contribution is 2.25. The van der Waals surface area contributed by atoms with Crippen molar-refractivity contribution < 1.29 is 4.79 Å². The third kappa shape index (κ3) is 4.76. The van der Waals surface area contributed by atoms with Gasteiger partial charge < -0.3 is 4.90 Å². The van der Waals surface area contributed by atoms with Gasteiger partial charge in [0.05, 0.1) is 6.54 Å². The maximum Gasteiger partial charge on any atom is 0.236 e. The van der Waals surface area contributed by atoms with E-state index in [1.165, 1.54) is 0 Å². The predicted octanol–water partition coefficient (Wildman–Crippen LogP) is 1.52. The summed E-state index contributed by atoms with van der Waals surface area (Å²) in [5, 5.41) is 0. The molecule has 138 valence electrons. The van der Waals surface area contributed by atoms with Gasteiger partial charge in [-0.3, -0.25) is 14.6 Å². The van der Waals surface area contributed by atoms with Crippen LogP contribution in [0.5, 0.6) is 0 Å². The first-order valence-electron chi connectivity index (χ1n) is 9.56. The standard InChI is InChI=1S/C19H31N5O/c1-15(2)23-11-9-22(10-12-23)14-19(25)24-8-4-5-17(13-24)18-6-7-20-16(3)21-18/h6-7,15,17H,4-5,8-14H2,1-3H3/t17-/m0/s1. The van der Waals surface area contributed by atoms with Gasteiger partial charge in [0, 0.05) is 63.1 Å². The minimum Gasteiger partial charge on any atom is -0.341 e. The molecule has 1 aromatic heterocycles. The van der Waals surface area contributed by atoms with Gasteiger partial charge in [-0.15, -0.1) is 0 Å². The van der Waals surface area contributed by atoms with Gasteiger partial charge in [0.25, 0.3) is 0 Å². The van der Waals surface area contributed by atoms with Crippen LogP contribution in [0.15, 0.2) is 12.3 Å². The van der Waals surface area contributed by atoms with Crippen LogP contribution in [0.4, 0.5) is 0 Å². The number of nitrogens with zero attached hydrogens (tertiary/aromatic N) is 5. The number of piperidine rings is 1. The molecule has 1 aromatic rings. The van der Waals surface area contributed by atoms with Crippen LogP contribution >= 0.6 is 0 Å². The Morgan fingerprint density at radius 1 is 1.24 bits per heavy atom. The van der Waals surface area contributed by atoms with E-state index in [9.17, 15) is 4.79 Å². The normalized spacial score (nSPS) is 23.2. The molecule has 3 heterocycles. The average molecular weight is 345 g/mol. The monoisotopic (exact) mass is 345 g/mol. The molecule has 25 heavy (non-hydrogen) atoms. The van der Waals surface area contributed by atoms with Gasteiger partial charge in [0.2, 0.25) is 5.91 Å². The third-order valence-corrected chi connectivity index (χ3v) is 5.49. The second kappa shape index (κ2) is 8.23. The van der Waals surface area contributed by atoms with E-state index < -0.39 is 0 Å². The number of hydrogen-bond donors (Lipinski definition) is 0. The summed E-state index contributed by atoms with van der Waals surface area (Å²) < 4.78 is 0. The van der Waals surface area contributed by atoms with Crippen molar-refractivity contribution in [2.75, 3.05) is 45.8 Å². The number of rotatable bonds is 4. The highest BCUT2D eigenvalue weighted by atomic mass is 16.2. The molecule has 1 amide bonds. The maximum absolute atomic E-state index is 12.8. The maximum atomic E-state index is 12.8. The number of carbonyl (C=O) groups excluding carboxylic acids is 1. The number of aryl methyl sites for hydroxylation is 1. The fraction of sp³-hybridized carbons (Fsp3) is 0.737. The van der Waals surface area contributed by atoms with Crippen LogP contribution in [-0.2, 0) is 4.79 Å². The SMILES string of the molecule is Cc1nccc([C@H]2CCCN(C(=O)CN3CCN(C(C)C)CC3)C2)n1. The van der Waals surface area contributed by atoms with Crippen LogP contribution in [0.3, 0.4) is 0 Å². The molecule has 0 radical (unpaired) electrons. The Labute approximate surface area is 151 Å². The zero-order valence-electron chi connectivity index (χ0n) is 15.8. The third-order valence-electron chi connectivity index (χ3n) is 5.49. The van der Waals surface area contributed by atoms with E-state index in [-0.39, 0.29) is 5.91 Å². The average Bonchev–Trinajstić information content (AvgIpc) is 2.62. The molecular formula is C19H31N5O. The van der Waals surface area contributed by atoms with Crippen molar-refractivity contribution in [3.8, 4) is 0 Å². The van der Waals surface area contributed by atoms with Gasteiger partial charge in [0.1, 0.15) is 5.82 Å². The zero-order valence-corrected chi connectivity index (χ0v) is 15.8. The summed E-state index contributed by atoms with van der Waals surface area (Å²) >= 11 is 0. The number of carbonyl (C=O) groups is 1. The molecule has 0 aromatic carbocycles. The van der Waals surface area contributed by atoms with Crippen molar-refractivity contribution in [2.45, 2.75) is 45.6 Å². The van der Waals surface area contributed by atoms with Gasteiger partial charge in [-0.1, -0.05) is 0 Å². The van der Waals surface area contributed by atoms with Crippen LogP contribution in [0.2, 0.25) is 0 Å². The van der Waals surface area contributed by atoms with Crippen molar-refractivity contribution in [3.63, 3.8) is 0 Å². The molecule has 0 N–H and O–H groups in total. The molecule has 2 aliphatic rings. The highest BCUT2D eigenvalue weighted by Gasteiger charge is 2.28. The van der Waals surface area contributed by atoms with E-state index in [0.717, 1.165) is 63.6 Å². The van der Waals surface area contributed by atoms with E-state index in [1.54, 1.807) is 0 Å². The molecular weight excluding hydrogens is 314 g/mol. The van der Waals surface area contributed by atoms with Gasteiger partial charge in [-0.2, -0.15) is 0 Å². The molecule has 2 saturated heterocycles. The minimum atomic E-state index is 0.272. The van der Waals surface area contributed by atoms with E-state index in [1.807, 2.05) is 24.1 Å². The van der Waals surface area contributed by atoms with E-state index in [0.29, 0.717) is 18.5 Å². The first-order valence-corrected chi connectivity index (χ1v) is 9.56. The Bertz CT molecular complexity index is 583. The summed E-state index contributed by atoms with van der Waals surface area (Å²) in [7, 11) is 0. The van der Waals surface area contributed by atoms with E-state index in [4.69, 9.17) is 0 Å². The Balaban J connectivity index is 1.52. The summed E-state index contributed by atoms with van der Waals surface area (Å²) in [6, 6.07) is 2.59. The molecule has 1 atom stereocenters. The molecule has 0 unspecified atom stereocenters. The number of hydrogen-bond acceptors (Lipinski definition) is 5. The van der Waals surface area contributed by atoms with Crippen LogP contribution in [0.25, 0.3) is 0 Å². The lowest BCUT2D eigenvalue weighted by Gasteiger charge is -2.38. The van der Waals surface area contributed by atoms with Gasteiger partial charge in [-0.05, 0) is 39.7 Å². The largest absolute Gasteiger partial charge is 0.341 e. The minimum absolute atomic E-state index is 0.272. The topological polar surface area (TPSA) is 52.6 Å². The molecule has 3 rings (SSSR count). The van der Waals surface area contributed by atoms with Gasteiger partial charge in [0.15, 0.2) is 0 Å². The lowest BCUT2D eigenvalue weighted by molar-refractivity contribution is -0.134. The summed E-state index contributed by atoms with van der Waals surface area (Å²) in [5.41, 5.74) is 1.08. The second-order valence-electron chi connectivity index (χ2n) is 7.61. The molecule has 0 saturated carbocycles. The summed E-state index contributed by atoms with van der Waals surface area (Å²) in [6.45, 7) is 12.7. The number of amides is 1. The smallest absolute Gasteiger partial charge is 0.236 e.